The Hall–Kier alpha value is -3.91. The van der Waals surface area contributed by atoms with E-state index in [0.29, 0.717) is 5.56 Å². The number of methoxy groups -OCH3 is 1. The molecule has 2 N–H and O–H groups in total. The lowest BCUT2D eigenvalue weighted by molar-refractivity contribution is -0.139. The van der Waals surface area contributed by atoms with Crippen molar-refractivity contribution in [3.05, 3.63) is 95.1 Å². The highest BCUT2D eigenvalue weighted by Gasteiger charge is 2.21. The Labute approximate surface area is 169 Å². The number of primary amides is 1. The zero-order chi connectivity index (χ0) is 20.8. The Morgan fingerprint density at radius 2 is 1.59 bits per heavy atom. The molecule has 0 radical (unpaired) electrons. The SMILES string of the molecule is COC(=O)Cc1cccc(C(C(N)=O)c2ccc(-c3ccc(C#N)cc3)cc2)c1. The lowest BCUT2D eigenvalue weighted by Gasteiger charge is -2.16. The number of nitriles is 1. The van der Waals surface area contributed by atoms with Crippen molar-refractivity contribution in [2.24, 2.45) is 5.73 Å². The molecule has 1 atom stereocenters. The zero-order valence-corrected chi connectivity index (χ0v) is 16.0. The number of nitrogens with two attached hydrogens (primary N) is 1. The van der Waals surface area contributed by atoms with Crippen LogP contribution in [0.25, 0.3) is 11.1 Å². The fraction of sp³-hybridized carbons (Fsp3) is 0.125. The van der Waals surface area contributed by atoms with Gasteiger partial charge in [0.15, 0.2) is 0 Å². The van der Waals surface area contributed by atoms with Crippen LogP contribution in [-0.4, -0.2) is 19.0 Å². The van der Waals surface area contributed by atoms with Crippen LogP contribution >= 0.6 is 0 Å². The first-order chi connectivity index (χ1) is 14.0. The highest BCUT2D eigenvalue weighted by Crippen LogP contribution is 2.28. The maximum atomic E-state index is 12.2. The molecule has 0 aliphatic rings. The van der Waals surface area contributed by atoms with Crippen LogP contribution in [-0.2, 0) is 20.7 Å². The Kier molecular flexibility index (Phi) is 6.06. The van der Waals surface area contributed by atoms with Gasteiger partial charge >= 0.3 is 5.97 Å². The average molecular weight is 384 g/mol. The molecule has 3 aromatic rings. The molecule has 0 aliphatic carbocycles. The number of hydrogen-bond donors (Lipinski definition) is 1. The Balaban J connectivity index is 1.90. The molecule has 1 amide bonds. The first-order valence-electron chi connectivity index (χ1n) is 9.07. The van der Waals surface area contributed by atoms with E-state index in [1.165, 1.54) is 7.11 Å². The monoisotopic (exact) mass is 384 g/mol. The first-order valence-corrected chi connectivity index (χ1v) is 9.07. The molecule has 5 nitrogen and oxygen atoms in total. The molecule has 29 heavy (non-hydrogen) atoms. The lowest BCUT2D eigenvalue weighted by Crippen LogP contribution is -2.22. The van der Waals surface area contributed by atoms with E-state index in [0.717, 1.165) is 27.8 Å². The van der Waals surface area contributed by atoms with Gasteiger partial charge in [-0.1, -0.05) is 60.7 Å². The van der Waals surface area contributed by atoms with Crippen molar-refractivity contribution in [1.29, 1.82) is 5.26 Å². The van der Waals surface area contributed by atoms with Crippen LogP contribution < -0.4 is 5.73 Å². The smallest absolute Gasteiger partial charge is 0.309 e. The van der Waals surface area contributed by atoms with E-state index in [9.17, 15) is 9.59 Å². The van der Waals surface area contributed by atoms with Crippen LogP contribution in [0.2, 0.25) is 0 Å². The number of ether oxygens (including phenoxy) is 1. The summed E-state index contributed by atoms with van der Waals surface area (Å²) in [4.78, 5) is 23.8. The van der Waals surface area contributed by atoms with Crippen LogP contribution in [0.4, 0.5) is 0 Å². The minimum Gasteiger partial charge on any atom is -0.469 e. The summed E-state index contributed by atoms with van der Waals surface area (Å²) in [6, 6.07) is 24.2. The summed E-state index contributed by atoms with van der Waals surface area (Å²) in [5, 5.41) is 8.92. The molecule has 3 rings (SSSR count). The number of carbonyl (C=O) groups excluding carboxylic acids is 2. The largest absolute Gasteiger partial charge is 0.469 e. The van der Waals surface area contributed by atoms with Crippen molar-refractivity contribution >= 4 is 11.9 Å². The van der Waals surface area contributed by atoms with Crippen LogP contribution in [0.1, 0.15) is 28.2 Å². The summed E-state index contributed by atoms with van der Waals surface area (Å²) in [5.74, 6) is -1.43. The minimum atomic E-state index is -0.623. The third-order valence-electron chi connectivity index (χ3n) is 4.74. The zero-order valence-electron chi connectivity index (χ0n) is 16.0. The molecule has 3 aromatic carbocycles. The maximum absolute atomic E-state index is 12.2. The van der Waals surface area contributed by atoms with Gasteiger partial charge in [0.25, 0.3) is 0 Å². The fourth-order valence-corrected chi connectivity index (χ4v) is 3.25. The van der Waals surface area contributed by atoms with E-state index in [-0.39, 0.29) is 12.4 Å². The van der Waals surface area contributed by atoms with Crippen molar-refractivity contribution in [3.8, 4) is 17.2 Å². The number of carbonyl (C=O) groups is 2. The van der Waals surface area contributed by atoms with Crippen molar-refractivity contribution in [1.82, 2.24) is 0 Å². The van der Waals surface area contributed by atoms with E-state index in [2.05, 4.69) is 6.07 Å². The number of hydrogen-bond acceptors (Lipinski definition) is 4. The fourth-order valence-electron chi connectivity index (χ4n) is 3.25. The van der Waals surface area contributed by atoms with E-state index in [4.69, 9.17) is 15.7 Å². The topological polar surface area (TPSA) is 93.2 Å². The molecule has 0 bridgehead atoms. The molecule has 0 saturated carbocycles. The minimum absolute atomic E-state index is 0.132. The highest BCUT2D eigenvalue weighted by molar-refractivity contribution is 5.86. The molecule has 5 heteroatoms. The number of rotatable bonds is 6. The van der Waals surface area contributed by atoms with Gasteiger partial charge in [0, 0.05) is 0 Å². The second-order valence-electron chi connectivity index (χ2n) is 6.64. The molecule has 0 aliphatic heterocycles. The number of amides is 1. The molecular formula is C24H20N2O3. The Morgan fingerprint density at radius 1 is 0.966 bits per heavy atom. The second-order valence-corrected chi connectivity index (χ2v) is 6.64. The Morgan fingerprint density at radius 3 is 2.14 bits per heavy atom. The summed E-state index contributed by atoms with van der Waals surface area (Å²) in [7, 11) is 1.34. The number of nitrogens with zero attached hydrogens (tertiary/aromatic N) is 1. The summed E-state index contributed by atoms with van der Waals surface area (Å²) in [6.07, 6.45) is 0.132. The van der Waals surface area contributed by atoms with Crippen LogP contribution in [0.5, 0.6) is 0 Å². The molecule has 0 aromatic heterocycles. The van der Waals surface area contributed by atoms with Gasteiger partial charge in [-0.15, -0.1) is 0 Å². The van der Waals surface area contributed by atoms with Gasteiger partial charge < -0.3 is 10.5 Å². The van der Waals surface area contributed by atoms with Gasteiger partial charge in [0.2, 0.25) is 5.91 Å². The molecule has 1 unspecified atom stereocenters. The van der Waals surface area contributed by atoms with Crippen LogP contribution in [0.15, 0.2) is 72.8 Å². The third kappa shape index (κ3) is 4.69. The number of benzene rings is 3. The van der Waals surface area contributed by atoms with E-state index >= 15 is 0 Å². The highest BCUT2D eigenvalue weighted by atomic mass is 16.5. The number of esters is 1. The maximum Gasteiger partial charge on any atom is 0.309 e. The molecule has 0 fully saturated rings. The summed E-state index contributed by atoms with van der Waals surface area (Å²) >= 11 is 0. The lowest BCUT2D eigenvalue weighted by atomic mass is 9.88. The quantitative estimate of drug-likeness (QED) is 0.658. The summed E-state index contributed by atoms with van der Waals surface area (Å²) < 4.78 is 4.71. The van der Waals surface area contributed by atoms with Gasteiger partial charge in [-0.05, 0) is 39.9 Å². The third-order valence-corrected chi connectivity index (χ3v) is 4.74. The molecule has 0 saturated heterocycles. The average Bonchev–Trinajstić information content (AvgIpc) is 2.74. The first kappa shape index (κ1) is 19.8. The van der Waals surface area contributed by atoms with Gasteiger partial charge in [-0.25, -0.2) is 0 Å². The van der Waals surface area contributed by atoms with Crippen LogP contribution in [0.3, 0.4) is 0 Å². The summed E-state index contributed by atoms with van der Waals surface area (Å²) in [5.41, 5.74) is 10.5. The molecule has 144 valence electrons. The molecular weight excluding hydrogens is 364 g/mol. The van der Waals surface area contributed by atoms with Gasteiger partial charge in [0.1, 0.15) is 0 Å². The van der Waals surface area contributed by atoms with Gasteiger partial charge in [-0.2, -0.15) is 5.26 Å². The normalized spacial score (nSPS) is 11.3. The van der Waals surface area contributed by atoms with E-state index in [1.54, 1.807) is 24.3 Å². The predicted octanol–water partition coefficient (Wildman–Crippen LogP) is 3.56. The summed E-state index contributed by atoms with van der Waals surface area (Å²) in [6.45, 7) is 0. The van der Waals surface area contributed by atoms with Gasteiger partial charge in [0.05, 0.1) is 31.1 Å². The Bertz CT molecular complexity index is 1060. The van der Waals surface area contributed by atoms with E-state index in [1.807, 2.05) is 48.5 Å². The van der Waals surface area contributed by atoms with Crippen molar-refractivity contribution in [2.45, 2.75) is 12.3 Å². The van der Waals surface area contributed by atoms with Crippen molar-refractivity contribution in [2.75, 3.05) is 7.11 Å². The van der Waals surface area contributed by atoms with Crippen molar-refractivity contribution < 1.29 is 14.3 Å². The van der Waals surface area contributed by atoms with E-state index < -0.39 is 11.8 Å². The predicted molar refractivity (Wildman–Crippen MR) is 110 cm³/mol. The molecule has 0 heterocycles. The van der Waals surface area contributed by atoms with Crippen molar-refractivity contribution in [3.63, 3.8) is 0 Å². The molecule has 0 spiro atoms. The standard InChI is InChI=1S/C24H20N2O3/c1-29-22(27)14-17-3-2-4-21(13-17)23(24(26)28)20-11-9-19(10-12-20)18-7-5-16(15-25)6-8-18/h2-13,23H,14H2,1H3,(H2,26,28). The van der Waals surface area contributed by atoms with Crippen LogP contribution in [0, 0.1) is 11.3 Å². The van der Waals surface area contributed by atoms with Gasteiger partial charge in [-0.3, -0.25) is 9.59 Å². The second kappa shape index (κ2) is 8.85.